The van der Waals surface area contributed by atoms with E-state index in [0.29, 0.717) is 11.1 Å². The van der Waals surface area contributed by atoms with Gasteiger partial charge in [-0.25, -0.2) is 4.79 Å². The maximum Gasteiger partial charge on any atom is 0.318 e. The Morgan fingerprint density at radius 3 is 2.72 bits per heavy atom. The largest absolute Gasteiger partial charge is 0.351 e. The van der Waals surface area contributed by atoms with Crippen LogP contribution in [-0.4, -0.2) is 32.0 Å². The normalized spacial score (nSPS) is 16.3. The molecule has 1 heterocycles. The molecule has 0 spiro atoms. The van der Waals surface area contributed by atoms with Crippen LogP contribution in [0.3, 0.4) is 0 Å². The zero-order valence-corrected chi connectivity index (χ0v) is 11.0. The second kappa shape index (κ2) is 4.97. The first-order valence-electron chi connectivity index (χ1n) is 5.65. The molecule has 1 aromatic heterocycles. The summed E-state index contributed by atoms with van der Waals surface area (Å²) in [5.41, 5.74) is 4.89. The molecule has 7 nitrogen and oxygen atoms in total. The molecule has 0 saturated heterocycles. The van der Waals surface area contributed by atoms with Crippen LogP contribution in [0, 0.1) is 0 Å². The van der Waals surface area contributed by atoms with Crippen molar-refractivity contribution in [2.24, 2.45) is 12.8 Å². The van der Waals surface area contributed by atoms with Gasteiger partial charge < -0.3 is 10.3 Å². The number of nitrogens with two attached hydrogens (primary N) is 1. The summed E-state index contributed by atoms with van der Waals surface area (Å²) >= 11 is 1.26. The molecule has 3 amide bonds. The molecule has 8 heteroatoms. The molecule has 0 radical (unpaired) electrons. The van der Waals surface area contributed by atoms with Gasteiger partial charge in [0.1, 0.15) is 5.82 Å². The molecule has 1 fully saturated rings. The Morgan fingerprint density at radius 1 is 1.50 bits per heavy atom. The van der Waals surface area contributed by atoms with Crippen molar-refractivity contribution in [2.45, 2.75) is 36.1 Å². The fraction of sp³-hybridized carbons (Fsp3) is 0.600. The third-order valence-corrected chi connectivity index (χ3v) is 3.84. The van der Waals surface area contributed by atoms with E-state index in [1.54, 1.807) is 6.92 Å². The topological polar surface area (TPSA) is 103 Å². The van der Waals surface area contributed by atoms with Gasteiger partial charge in [-0.15, -0.1) is 10.2 Å². The number of primary amides is 1. The SMILES string of the molecule is C[C@@H](Sc1nnc(C2CC2)n1C)C(=O)NC(N)=O. The summed E-state index contributed by atoms with van der Waals surface area (Å²) in [4.78, 5) is 22.1. The van der Waals surface area contributed by atoms with Crippen LogP contribution in [0.2, 0.25) is 0 Å². The Morgan fingerprint density at radius 2 is 2.17 bits per heavy atom. The lowest BCUT2D eigenvalue weighted by atomic mass is 10.4. The Balaban J connectivity index is 2.00. The molecule has 0 unspecified atom stereocenters. The molecular formula is C10H15N5O2S. The highest BCUT2D eigenvalue weighted by Gasteiger charge is 2.30. The van der Waals surface area contributed by atoms with E-state index in [-0.39, 0.29) is 0 Å². The zero-order valence-electron chi connectivity index (χ0n) is 10.2. The summed E-state index contributed by atoms with van der Waals surface area (Å²) in [6.45, 7) is 1.69. The molecular weight excluding hydrogens is 254 g/mol. The van der Waals surface area contributed by atoms with Gasteiger partial charge in [-0.05, 0) is 19.8 Å². The molecule has 1 atom stereocenters. The van der Waals surface area contributed by atoms with Gasteiger partial charge in [-0.3, -0.25) is 10.1 Å². The van der Waals surface area contributed by atoms with Crippen LogP contribution >= 0.6 is 11.8 Å². The number of rotatable bonds is 4. The van der Waals surface area contributed by atoms with E-state index in [0.717, 1.165) is 18.7 Å². The lowest BCUT2D eigenvalue weighted by Gasteiger charge is -2.09. The Hall–Kier alpha value is -1.57. The van der Waals surface area contributed by atoms with Gasteiger partial charge in [0.15, 0.2) is 5.16 Å². The molecule has 1 aromatic rings. The van der Waals surface area contributed by atoms with Crippen LogP contribution in [0.5, 0.6) is 0 Å². The minimum atomic E-state index is -0.843. The molecule has 0 aliphatic heterocycles. The number of nitrogens with zero attached hydrogens (tertiary/aromatic N) is 3. The highest BCUT2D eigenvalue weighted by atomic mass is 32.2. The Kier molecular flexibility index (Phi) is 3.55. The van der Waals surface area contributed by atoms with E-state index in [1.807, 2.05) is 16.9 Å². The maximum absolute atomic E-state index is 11.5. The molecule has 1 aliphatic carbocycles. The molecule has 3 N–H and O–H groups in total. The number of aromatic nitrogens is 3. The van der Waals surface area contributed by atoms with E-state index in [2.05, 4.69) is 10.2 Å². The van der Waals surface area contributed by atoms with Gasteiger partial charge in [0, 0.05) is 13.0 Å². The number of nitrogens with one attached hydrogen (secondary N) is 1. The quantitative estimate of drug-likeness (QED) is 0.769. The zero-order chi connectivity index (χ0) is 13.3. The van der Waals surface area contributed by atoms with Crippen molar-refractivity contribution in [1.82, 2.24) is 20.1 Å². The monoisotopic (exact) mass is 269 g/mol. The summed E-state index contributed by atoms with van der Waals surface area (Å²) in [6.07, 6.45) is 2.29. The first kappa shape index (κ1) is 12.9. The van der Waals surface area contributed by atoms with Gasteiger partial charge in [-0.2, -0.15) is 0 Å². The van der Waals surface area contributed by atoms with Crippen molar-refractivity contribution in [3.05, 3.63) is 5.82 Å². The van der Waals surface area contributed by atoms with Crippen molar-refractivity contribution in [3.63, 3.8) is 0 Å². The predicted molar refractivity (Wildman–Crippen MR) is 66.0 cm³/mol. The van der Waals surface area contributed by atoms with Crippen molar-refractivity contribution < 1.29 is 9.59 Å². The van der Waals surface area contributed by atoms with Crippen LogP contribution in [0.1, 0.15) is 31.5 Å². The number of amides is 3. The average Bonchev–Trinajstić information content (AvgIpc) is 3.05. The average molecular weight is 269 g/mol. The summed E-state index contributed by atoms with van der Waals surface area (Å²) in [6, 6.07) is -0.843. The third-order valence-electron chi connectivity index (χ3n) is 2.71. The van der Waals surface area contributed by atoms with Crippen LogP contribution in [0.25, 0.3) is 0 Å². The molecule has 0 aromatic carbocycles. The lowest BCUT2D eigenvalue weighted by molar-refractivity contribution is -0.119. The minimum Gasteiger partial charge on any atom is -0.351 e. The van der Waals surface area contributed by atoms with Crippen LogP contribution < -0.4 is 11.1 Å². The summed E-state index contributed by atoms with van der Waals surface area (Å²) in [5, 5.41) is 10.4. The first-order chi connectivity index (χ1) is 8.49. The first-order valence-corrected chi connectivity index (χ1v) is 6.53. The third kappa shape index (κ3) is 2.81. The van der Waals surface area contributed by atoms with Gasteiger partial charge in [0.2, 0.25) is 5.91 Å². The van der Waals surface area contributed by atoms with Crippen molar-refractivity contribution in [3.8, 4) is 0 Å². The number of carbonyl (C=O) groups excluding carboxylic acids is 2. The fourth-order valence-electron chi connectivity index (χ4n) is 1.56. The van der Waals surface area contributed by atoms with Crippen molar-refractivity contribution >= 4 is 23.7 Å². The smallest absolute Gasteiger partial charge is 0.318 e. The van der Waals surface area contributed by atoms with Crippen molar-refractivity contribution in [1.29, 1.82) is 0 Å². The van der Waals surface area contributed by atoms with Crippen LogP contribution in [0.4, 0.5) is 4.79 Å². The maximum atomic E-state index is 11.5. The lowest BCUT2D eigenvalue weighted by Crippen LogP contribution is -2.39. The number of imide groups is 1. The molecule has 1 aliphatic rings. The fourth-order valence-corrected chi connectivity index (χ4v) is 2.38. The number of carbonyl (C=O) groups is 2. The van der Waals surface area contributed by atoms with Crippen LogP contribution in [-0.2, 0) is 11.8 Å². The molecule has 2 rings (SSSR count). The van der Waals surface area contributed by atoms with Gasteiger partial charge in [0.25, 0.3) is 0 Å². The second-order valence-electron chi connectivity index (χ2n) is 4.29. The number of thioether (sulfide) groups is 1. The Labute approximate surface area is 109 Å². The number of hydrogen-bond donors (Lipinski definition) is 2. The number of urea groups is 1. The second-order valence-corrected chi connectivity index (χ2v) is 5.60. The summed E-state index contributed by atoms with van der Waals surface area (Å²) in [5.74, 6) is 1.04. The van der Waals surface area contributed by atoms with E-state index in [9.17, 15) is 9.59 Å². The molecule has 98 valence electrons. The van der Waals surface area contributed by atoms with Gasteiger partial charge >= 0.3 is 6.03 Å². The summed E-state index contributed by atoms with van der Waals surface area (Å²) < 4.78 is 1.90. The predicted octanol–water partition coefficient (Wildman–Crippen LogP) is 0.368. The highest BCUT2D eigenvalue weighted by Crippen LogP contribution is 2.39. The van der Waals surface area contributed by atoms with Crippen molar-refractivity contribution in [2.75, 3.05) is 0 Å². The highest BCUT2D eigenvalue weighted by molar-refractivity contribution is 8.00. The van der Waals surface area contributed by atoms with Crippen LogP contribution in [0.15, 0.2) is 5.16 Å². The molecule has 1 saturated carbocycles. The van der Waals surface area contributed by atoms with E-state index in [4.69, 9.17) is 5.73 Å². The standard InChI is InChI=1S/C10H15N5O2S/c1-5(8(16)12-9(11)17)18-10-14-13-7(15(10)2)6-3-4-6/h5-6H,3-4H2,1-2H3,(H3,11,12,16,17)/t5-/m1/s1. The molecule has 18 heavy (non-hydrogen) atoms. The minimum absolute atomic E-state index is 0.427. The van der Waals surface area contributed by atoms with E-state index >= 15 is 0 Å². The van der Waals surface area contributed by atoms with Gasteiger partial charge in [0.05, 0.1) is 5.25 Å². The molecule has 0 bridgehead atoms. The summed E-state index contributed by atoms with van der Waals surface area (Å²) in [7, 11) is 1.88. The van der Waals surface area contributed by atoms with E-state index in [1.165, 1.54) is 11.8 Å². The van der Waals surface area contributed by atoms with Gasteiger partial charge in [-0.1, -0.05) is 11.8 Å². The Bertz CT molecular complexity index is 483. The number of hydrogen-bond acceptors (Lipinski definition) is 5. The van der Waals surface area contributed by atoms with E-state index < -0.39 is 17.2 Å².